The van der Waals surface area contributed by atoms with Crippen molar-refractivity contribution in [2.24, 2.45) is 5.92 Å². The molecule has 1 fully saturated rings. The summed E-state index contributed by atoms with van der Waals surface area (Å²) < 4.78 is 5.51. The minimum absolute atomic E-state index is 0.0607. The summed E-state index contributed by atoms with van der Waals surface area (Å²) >= 11 is 0. The Hall–Kier alpha value is -1.27. The second-order valence-electron chi connectivity index (χ2n) is 3.45. The Balaban J connectivity index is 2.21. The van der Waals surface area contributed by atoms with E-state index in [4.69, 9.17) is 9.68 Å². The number of nitriles is 1. The molecule has 2 heterocycles. The normalized spacial score (nSPS) is 27.4. The highest BCUT2D eigenvalue weighted by Gasteiger charge is 2.30. The fourth-order valence-corrected chi connectivity index (χ4v) is 1.77. The van der Waals surface area contributed by atoms with Gasteiger partial charge in [-0.15, -0.1) is 0 Å². The maximum atomic E-state index is 8.87. The van der Waals surface area contributed by atoms with E-state index in [1.54, 1.807) is 0 Å². The number of hydrogen-bond acceptors (Lipinski definition) is 3. The van der Waals surface area contributed by atoms with Crippen molar-refractivity contribution in [2.75, 3.05) is 13.1 Å². The molecule has 2 atom stereocenters. The standard InChI is InChI=1S/C10H12N2O/c1-7-2-3-10(13-7)9-6-12-5-8(9)4-11/h2-3,8-9,12H,5-6H2,1H3/t8-,9+/m0/s1. The molecule has 68 valence electrons. The van der Waals surface area contributed by atoms with Crippen LogP contribution in [0, 0.1) is 24.2 Å². The molecule has 1 aliphatic heterocycles. The van der Waals surface area contributed by atoms with E-state index in [9.17, 15) is 0 Å². The number of nitrogens with one attached hydrogen (secondary N) is 1. The van der Waals surface area contributed by atoms with Gasteiger partial charge in [0.1, 0.15) is 11.5 Å². The smallest absolute Gasteiger partial charge is 0.109 e. The average Bonchev–Trinajstić information content (AvgIpc) is 2.71. The lowest BCUT2D eigenvalue weighted by atomic mass is 9.95. The van der Waals surface area contributed by atoms with Crippen molar-refractivity contribution in [3.8, 4) is 6.07 Å². The van der Waals surface area contributed by atoms with Gasteiger partial charge in [0.05, 0.1) is 12.0 Å². The Morgan fingerprint density at radius 2 is 2.38 bits per heavy atom. The zero-order chi connectivity index (χ0) is 9.26. The number of rotatable bonds is 1. The Morgan fingerprint density at radius 3 is 3.00 bits per heavy atom. The molecule has 0 aromatic carbocycles. The molecule has 1 saturated heterocycles. The van der Waals surface area contributed by atoms with Crippen molar-refractivity contribution in [1.82, 2.24) is 5.32 Å². The zero-order valence-electron chi connectivity index (χ0n) is 7.58. The van der Waals surface area contributed by atoms with Crippen molar-refractivity contribution in [1.29, 1.82) is 5.26 Å². The number of nitrogens with zero attached hydrogens (tertiary/aromatic N) is 1. The monoisotopic (exact) mass is 176 g/mol. The molecule has 0 bridgehead atoms. The first-order valence-corrected chi connectivity index (χ1v) is 4.48. The lowest BCUT2D eigenvalue weighted by Crippen LogP contribution is -2.07. The molecule has 3 heteroatoms. The van der Waals surface area contributed by atoms with Gasteiger partial charge in [-0.05, 0) is 19.1 Å². The van der Waals surface area contributed by atoms with Crippen LogP contribution in [0.1, 0.15) is 17.4 Å². The van der Waals surface area contributed by atoms with E-state index in [1.807, 2.05) is 19.1 Å². The highest BCUT2D eigenvalue weighted by atomic mass is 16.3. The first-order chi connectivity index (χ1) is 6.31. The minimum atomic E-state index is 0.0607. The van der Waals surface area contributed by atoms with E-state index >= 15 is 0 Å². The van der Waals surface area contributed by atoms with Gasteiger partial charge in [-0.2, -0.15) is 5.26 Å². The molecule has 0 unspecified atom stereocenters. The van der Waals surface area contributed by atoms with Crippen molar-refractivity contribution < 1.29 is 4.42 Å². The van der Waals surface area contributed by atoms with Crippen LogP contribution in [0.3, 0.4) is 0 Å². The highest BCUT2D eigenvalue weighted by molar-refractivity contribution is 5.17. The molecule has 1 N–H and O–H groups in total. The summed E-state index contributed by atoms with van der Waals surface area (Å²) in [5.41, 5.74) is 0. The van der Waals surface area contributed by atoms with Crippen molar-refractivity contribution >= 4 is 0 Å². The van der Waals surface area contributed by atoms with Crippen molar-refractivity contribution in [3.05, 3.63) is 23.7 Å². The van der Waals surface area contributed by atoms with Gasteiger partial charge in [-0.1, -0.05) is 0 Å². The molecule has 13 heavy (non-hydrogen) atoms. The third-order valence-corrected chi connectivity index (χ3v) is 2.51. The summed E-state index contributed by atoms with van der Waals surface area (Å²) in [6.45, 7) is 3.55. The van der Waals surface area contributed by atoms with Gasteiger partial charge in [-0.25, -0.2) is 0 Å². The van der Waals surface area contributed by atoms with Crippen LogP contribution >= 0.6 is 0 Å². The molecule has 1 aromatic heterocycles. The van der Waals surface area contributed by atoms with E-state index in [0.29, 0.717) is 0 Å². The fourth-order valence-electron chi connectivity index (χ4n) is 1.77. The lowest BCUT2D eigenvalue weighted by molar-refractivity contribution is 0.433. The predicted molar refractivity (Wildman–Crippen MR) is 48.2 cm³/mol. The van der Waals surface area contributed by atoms with Gasteiger partial charge >= 0.3 is 0 Å². The van der Waals surface area contributed by atoms with Gasteiger partial charge in [-0.3, -0.25) is 0 Å². The largest absolute Gasteiger partial charge is 0.466 e. The van der Waals surface area contributed by atoms with Crippen LogP contribution in [-0.4, -0.2) is 13.1 Å². The molecular weight excluding hydrogens is 164 g/mol. The maximum Gasteiger partial charge on any atom is 0.109 e. The van der Waals surface area contributed by atoms with Crippen LogP contribution in [0.2, 0.25) is 0 Å². The summed E-state index contributed by atoms with van der Waals surface area (Å²) in [5.74, 6) is 2.15. The minimum Gasteiger partial charge on any atom is -0.466 e. The SMILES string of the molecule is Cc1ccc([C@@H]2CNC[C@@H]2C#N)o1. The molecule has 0 spiro atoms. The average molecular weight is 176 g/mol. The van der Waals surface area contributed by atoms with Crippen LogP contribution in [0.15, 0.2) is 16.5 Å². The first kappa shape index (κ1) is 8.33. The number of aryl methyl sites for hydroxylation is 1. The summed E-state index contributed by atoms with van der Waals surface area (Å²) in [6, 6.07) is 6.22. The molecule has 0 saturated carbocycles. The highest BCUT2D eigenvalue weighted by Crippen LogP contribution is 2.28. The summed E-state index contributed by atoms with van der Waals surface area (Å²) in [6.07, 6.45) is 0. The molecule has 0 radical (unpaired) electrons. The van der Waals surface area contributed by atoms with Crippen molar-refractivity contribution in [3.63, 3.8) is 0 Å². The van der Waals surface area contributed by atoms with Gasteiger partial charge in [0.2, 0.25) is 0 Å². The second kappa shape index (κ2) is 3.23. The Bertz CT molecular complexity index is 337. The second-order valence-corrected chi connectivity index (χ2v) is 3.45. The van der Waals surface area contributed by atoms with Crippen LogP contribution < -0.4 is 5.32 Å². The quantitative estimate of drug-likeness (QED) is 0.703. The first-order valence-electron chi connectivity index (χ1n) is 4.48. The van der Waals surface area contributed by atoms with Gasteiger partial charge in [0.25, 0.3) is 0 Å². The zero-order valence-corrected chi connectivity index (χ0v) is 7.58. The van der Waals surface area contributed by atoms with Crippen molar-refractivity contribution in [2.45, 2.75) is 12.8 Å². The third-order valence-electron chi connectivity index (χ3n) is 2.51. The van der Waals surface area contributed by atoms with E-state index in [0.717, 1.165) is 24.6 Å². The molecule has 0 aliphatic carbocycles. The van der Waals surface area contributed by atoms with Crippen LogP contribution in [-0.2, 0) is 0 Å². The van der Waals surface area contributed by atoms with Gasteiger partial charge in [0, 0.05) is 19.0 Å². The Morgan fingerprint density at radius 1 is 1.54 bits per heavy atom. The summed E-state index contributed by atoms with van der Waals surface area (Å²) in [5, 5.41) is 12.1. The van der Waals surface area contributed by atoms with Crippen LogP contribution in [0.4, 0.5) is 0 Å². The lowest BCUT2D eigenvalue weighted by Gasteiger charge is -2.07. The number of hydrogen-bond donors (Lipinski definition) is 1. The maximum absolute atomic E-state index is 8.87. The molecule has 2 rings (SSSR count). The summed E-state index contributed by atoms with van der Waals surface area (Å²) in [7, 11) is 0. The molecule has 1 aromatic rings. The van der Waals surface area contributed by atoms with Gasteiger partial charge in [0.15, 0.2) is 0 Å². The molecular formula is C10H12N2O. The predicted octanol–water partition coefficient (Wildman–Crippen LogP) is 1.41. The van der Waals surface area contributed by atoms with E-state index in [-0.39, 0.29) is 11.8 Å². The van der Waals surface area contributed by atoms with Gasteiger partial charge < -0.3 is 9.73 Å². The molecule has 1 aliphatic rings. The Kier molecular flexibility index (Phi) is 2.07. The van der Waals surface area contributed by atoms with E-state index in [1.165, 1.54) is 0 Å². The number of furan rings is 1. The molecule has 3 nitrogen and oxygen atoms in total. The Labute approximate surface area is 77.4 Å². The summed E-state index contributed by atoms with van der Waals surface area (Å²) in [4.78, 5) is 0. The third kappa shape index (κ3) is 1.45. The fraction of sp³-hybridized carbons (Fsp3) is 0.500. The van der Waals surface area contributed by atoms with Crippen LogP contribution in [0.5, 0.6) is 0 Å². The van der Waals surface area contributed by atoms with Crippen LogP contribution in [0.25, 0.3) is 0 Å². The van der Waals surface area contributed by atoms with E-state index in [2.05, 4.69) is 11.4 Å². The molecule has 0 amide bonds. The van der Waals surface area contributed by atoms with E-state index < -0.39 is 0 Å². The topological polar surface area (TPSA) is 49.0 Å².